The zero-order valence-corrected chi connectivity index (χ0v) is 17.1. The predicted molar refractivity (Wildman–Crippen MR) is 104 cm³/mol. The minimum atomic E-state index is -0.330. The van der Waals surface area contributed by atoms with Gasteiger partial charge in [0.2, 0.25) is 0 Å². The van der Waals surface area contributed by atoms with Crippen molar-refractivity contribution in [1.82, 2.24) is 0 Å². The average Bonchev–Trinajstić information content (AvgIpc) is 2.55. The lowest BCUT2D eigenvalue weighted by Gasteiger charge is -2.24. The Morgan fingerprint density at radius 2 is 1.88 bits per heavy atom. The molecule has 1 N–H and O–H groups in total. The number of aromatic hydroxyl groups is 1. The molecule has 0 spiro atoms. The molecule has 0 radical (unpaired) electrons. The number of ether oxygens (including phenoxy) is 1. The van der Waals surface area contributed by atoms with Crippen LogP contribution in [0.25, 0.3) is 0 Å². The Hall–Kier alpha value is -1.51. The van der Waals surface area contributed by atoms with E-state index in [9.17, 15) is 9.90 Å². The maximum atomic E-state index is 12.5. The monoisotopic (exact) mass is 348 g/mol. The zero-order chi connectivity index (χ0) is 19.2. The van der Waals surface area contributed by atoms with E-state index in [1.807, 2.05) is 26.0 Å². The first-order chi connectivity index (χ1) is 11.6. The van der Waals surface area contributed by atoms with Gasteiger partial charge in [-0.2, -0.15) is 0 Å². The minimum Gasteiger partial charge on any atom is -0.507 e. The Morgan fingerprint density at radius 3 is 2.40 bits per heavy atom. The summed E-state index contributed by atoms with van der Waals surface area (Å²) in [5.74, 6) is 0.259. The first-order valence-corrected chi connectivity index (χ1v) is 9.62. The quantitative estimate of drug-likeness (QED) is 0.598. The van der Waals surface area contributed by atoms with E-state index in [4.69, 9.17) is 4.74 Å². The van der Waals surface area contributed by atoms with Crippen molar-refractivity contribution in [3.63, 3.8) is 0 Å². The fourth-order valence-corrected chi connectivity index (χ4v) is 2.99. The number of aryl methyl sites for hydroxylation is 1. The number of benzene rings is 1. The van der Waals surface area contributed by atoms with Crippen LogP contribution in [0.3, 0.4) is 0 Å². The number of carbonyl (C=O) groups excluding carboxylic acids is 1. The van der Waals surface area contributed by atoms with E-state index >= 15 is 0 Å². The summed E-state index contributed by atoms with van der Waals surface area (Å²) < 4.78 is 5.60. The van der Waals surface area contributed by atoms with E-state index < -0.39 is 0 Å². The van der Waals surface area contributed by atoms with Crippen molar-refractivity contribution >= 4 is 5.97 Å². The van der Waals surface area contributed by atoms with Gasteiger partial charge in [0.25, 0.3) is 0 Å². The molecule has 2 unspecified atom stereocenters. The van der Waals surface area contributed by atoms with Crippen LogP contribution in [-0.2, 0) is 14.9 Å². The largest absolute Gasteiger partial charge is 0.507 e. The Kier molecular flexibility index (Phi) is 7.98. The number of hydrogen-bond acceptors (Lipinski definition) is 3. The van der Waals surface area contributed by atoms with Gasteiger partial charge < -0.3 is 9.84 Å². The standard InChI is InChI=1S/C22H36O3/c1-8-10-11-17(9-2)14-25-21(24)16(4)18-12-15(3)20(23)19(13-18)22(5,6)7/h12-13,16-17,23H,8-11,14H2,1-7H3. The van der Waals surface area contributed by atoms with Crippen molar-refractivity contribution in [3.8, 4) is 5.75 Å². The van der Waals surface area contributed by atoms with Gasteiger partial charge in [0.15, 0.2) is 0 Å². The average molecular weight is 349 g/mol. The van der Waals surface area contributed by atoms with Crippen molar-refractivity contribution < 1.29 is 14.6 Å². The summed E-state index contributed by atoms with van der Waals surface area (Å²) in [5, 5.41) is 10.4. The molecule has 3 nitrogen and oxygen atoms in total. The highest BCUT2D eigenvalue weighted by Gasteiger charge is 2.24. The normalized spacial score (nSPS) is 14.2. The number of unbranched alkanes of at least 4 members (excludes halogenated alkanes) is 1. The third-order valence-electron chi connectivity index (χ3n) is 4.99. The van der Waals surface area contributed by atoms with Gasteiger partial charge in [-0.1, -0.05) is 66.0 Å². The molecule has 0 aliphatic carbocycles. The molecule has 2 atom stereocenters. The summed E-state index contributed by atoms with van der Waals surface area (Å²) >= 11 is 0. The van der Waals surface area contributed by atoms with E-state index in [0.717, 1.165) is 29.5 Å². The Balaban J connectivity index is 2.87. The molecule has 142 valence electrons. The third-order valence-corrected chi connectivity index (χ3v) is 4.99. The molecule has 0 saturated heterocycles. The van der Waals surface area contributed by atoms with E-state index in [-0.39, 0.29) is 17.3 Å². The van der Waals surface area contributed by atoms with Crippen LogP contribution < -0.4 is 0 Å². The van der Waals surface area contributed by atoms with Crippen molar-refractivity contribution in [2.45, 2.75) is 85.5 Å². The van der Waals surface area contributed by atoms with Crippen LogP contribution >= 0.6 is 0 Å². The molecular formula is C22H36O3. The number of phenols is 1. The Morgan fingerprint density at radius 1 is 1.24 bits per heavy atom. The van der Waals surface area contributed by atoms with Crippen LogP contribution in [0.1, 0.15) is 89.8 Å². The number of hydrogen-bond donors (Lipinski definition) is 1. The Bertz CT molecular complexity index is 569. The second kappa shape index (κ2) is 9.26. The topological polar surface area (TPSA) is 46.5 Å². The maximum Gasteiger partial charge on any atom is 0.313 e. The SMILES string of the molecule is CCCCC(CC)COC(=O)C(C)c1cc(C)c(O)c(C(C)(C)C)c1. The summed E-state index contributed by atoms with van der Waals surface area (Å²) in [6, 6.07) is 3.84. The molecule has 0 aromatic heterocycles. The highest BCUT2D eigenvalue weighted by atomic mass is 16.5. The first kappa shape index (κ1) is 21.5. The van der Waals surface area contributed by atoms with E-state index in [2.05, 4.69) is 34.6 Å². The van der Waals surface area contributed by atoms with Crippen LogP contribution in [0.5, 0.6) is 5.75 Å². The zero-order valence-electron chi connectivity index (χ0n) is 17.1. The summed E-state index contributed by atoms with van der Waals surface area (Å²) in [6.07, 6.45) is 4.50. The van der Waals surface area contributed by atoms with Crippen molar-refractivity contribution in [1.29, 1.82) is 0 Å². The molecule has 3 heteroatoms. The lowest BCUT2D eigenvalue weighted by molar-refractivity contribution is -0.146. The number of rotatable bonds is 8. The van der Waals surface area contributed by atoms with Crippen molar-refractivity contribution in [2.75, 3.05) is 6.61 Å². The molecule has 0 bridgehead atoms. The van der Waals surface area contributed by atoms with Gasteiger partial charge in [0.1, 0.15) is 5.75 Å². The molecular weight excluding hydrogens is 312 g/mol. The second-order valence-corrected chi connectivity index (χ2v) is 8.25. The van der Waals surface area contributed by atoms with Crippen LogP contribution in [0.2, 0.25) is 0 Å². The summed E-state index contributed by atoms with van der Waals surface area (Å²) in [4.78, 5) is 12.5. The summed E-state index contributed by atoms with van der Waals surface area (Å²) in [5.41, 5.74) is 2.40. The fraction of sp³-hybridized carbons (Fsp3) is 0.682. The number of carbonyl (C=O) groups is 1. The Labute approximate surface area is 153 Å². The van der Waals surface area contributed by atoms with Crippen LogP contribution in [0.4, 0.5) is 0 Å². The molecule has 1 aromatic rings. The molecule has 0 aliphatic heterocycles. The van der Waals surface area contributed by atoms with Gasteiger partial charge in [-0.25, -0.2) is 0 Å². The van der Waals surface area contributed by atoms with Crippen LogP contribution in [0.15, 0.2) is 12.1 Å². The highest BCUT2D eigenvalue weighted by molar-refractivity contribution is 5.78. The lowest BCUT2D eigenvalue weighted by atomic mass is 9.82. The molecule has 0 heterocycles. The van der Waals surface area contributed by atoms with Gasteiger partial charge in [0, 0.05) is 0 Å². The molecule has 0 aliphatic rings. The fourth-order valence-electron chi connectivity index (χ4n) is 2.99. The third kappa shape index (κ3) is 6.05. The number of phenolic OH excluding ortho intramolecular Hbond substituents is 1. The van der Waals surface area contributed by atoms with Gasteiger partial charge in [-0.3, -0.25) is 4.79 Å². The molecule has 0 amide bonds. The smallest absolute Gasteiger partial charge is 0.313 e. The van der Waals surface area contributed by atoms with Gasteiger partial charge in [-0.15, -0.1) is 0 Å². The summed E-state index contributed by atoms with van der Waals surface area (Å²) in [7, 11) is 0. The first-order valence-electron chi connectivity index (χ1n) is 9.62. The minimum absolute atomic E-state index is 0.179. The molecule has 1 aromatic carbocycles. The maximum absolute atomic E-state index is 12.5. The van der Waals surface area contributed by atoms with Crippen LogP contribution in [0, 0.1) is 12.8 Å². The number of esters is 1. The summed E-state index contributed by atoms with van der Waals surface area (Å²) in [6.45, 7) is 14.8. The molecule has 25 heavy (non-hydrogen) atoms. The second-order valence-electron chi connectivity index (χ2n) is 8.25. The van der Waals surface area contributed by atoms with Gasteiger partial charge in [0.05, 0.1) is 12.5 Å². The van der Waals surface area contributed by atoms with Gasteiger partial charge >= 0.3 is 5.97 Å². The van der Waals surface area contributed by atoms with Gasteiger partial charge in [-0.05, 0) is 48.3 Å². The lowest BCUT2D eigenvalue weighted by Crippen LogP contribution is -2.19. The van der Waals surface area contributed by atoms with E-state index in [1.54, 1.807) is 0 Å². The van der Waals surface area contributed by atoms with Crippen molar-refractivity contribution in [2.24, 2.45) is 5.92 Å². The van der Waals surface area contributed by atoms with Crippen LogP contribution in [-0.4, -0.2) is 17.7 Å². The van der Waals surface area contributed by atoms with E-state index in [1.165, 1.54) is 12.8 Å². The molecule has 0 fully saturated rings. The highest BCUT2D eigenvalue weighted by Crippen LogP contribution is 2.36. The molecule has 1 rings (SSSR count). The van der Waals surface area contributed by atoms with E-state index in [0.29, 0.717) is 18.3 Å². The molecule has 0 saturated carbocycles. The van der Waals surface area contributed by atoms with Crippen molar-refractivity contribution in [3.05, 3.63) is 28.8 Å². The predicted octanol–water partition coefficient (Wildman–Crippen LogP) is 5.86.